The van der Waals surface area contributed by atoms with Crippen LogP contribution in [0.25, 0.3) is 16.7 Å². The van der Waals surface area contributed by atoms with E-state index in [1.54, 1.807) is 0 Å². The molecule has 4 rings (SSSR count). The predicted octanol–water partition coefficient (Wildman–Crippen LogP) is 2.84. The number of rotatable bonds is 1. The van der Waals surface area contributed by atoms with Crippen molar-refractivity contribution in [2.45, 2.75) is 12.8 Å². The highest BCUT2D eigenvalue weighted by atomic mass is 16.3. The van der Waals surface area contributed by atoms with Gasteiger partial charge >= 0.3 is 0 Å². The first-order chi connectivity index (χ1) is 8.90. The standard InChI is InChI=1S/C15H16N2O/c1-2-14-13(17-5-1)7-15(18-14)10-3-4-11-8-16-9-12(11)6-10/h1-3,5,7,11-12,16H,4,6,8-9H2/t11-,12+/m1/s1. The molecule has 1 aliphatic heterocycles. The average Bonchev–Trinajstić information content (AvgIpc) is 3.04. The lowest BCUT2D eigenvalue weighted by Crippen LogP contribution is -2.16. The zero-order valence-corrected chi connectivity index (χ0v) is 10.2. The maximum Gasteiger partial charge on any atom is 0.153 e. The highest BCUT2D eigenvalue weighted by Gasteiger charge is 2.31. The summed E-state index contributed by atoms with van der Waals surface area (Å²) in [7, 11) is 0. The van der Waals surface area contributed by atoms with E-state index in [1.165, 1.54) is 18.5 Å². The monoisotopic (exact) mass is 240 g/mol. The summed E-state index contributed by atoms with van der Waals surface area (Å²) in [4.78, 5) is 4.33. The molecular formula is C15H16N2O. The van der Waals surface area contributed by atoms with Gasteiger partial charge < -0.3 is 9.73 Å². The molecule has 1 aliphatic carbocycles. The van der Waals surface area contributed by atoms with Crippen LogP contribution in [0.5, 0.6) is 0 Å². The number of hydrogen-bond acceptors (Lipinski definition) is 3. The van der Waals surface area contributed by atoms with Crippen LogP contribution >= 0.6 is 0 Å². The molecule has 0 saturated carbocycles. The summed E-state index contributed by atoms with van der Waals surface area (Å²) in [6.45, 7) is 2.33. The van der Waals surface area contributed by atoms with Crippen molar-refractivity contribution in [1.29, 1.82) is 0 Å². The van der Waals surface area contributed by atoms with Gasteiger partial charge in [-0.1, -0.05) is 6.08 Å². The van der Waals surface area contributed by atoms with Crippen LogP contribution in [0.2, 0.25) is 0 Å². The minimum atomic E-state index is 0.783. The van der Waals surface area contributed by atoms with E-state index in [0.717, 1.165) is 41.7 Å². The van der Waals surface area contributed by atoms with Crippen LogP contribution in [0.4, 0.5) is 0 Å². The fourth-order valence-corrected chi connectivity index (χ4v) is 3.19. The van der Waals surface area contributed by atoms with Gasteiger partial charge in [-0.25, -0.2) is 0 Å². The first-order valence-corrected chi connectivity index (χ1v) is 6.65. The summed E-state index contributed by atoms with van der Waals surface area (Å²) in [6.07, 6.45) is 6.48. The molecule has 0 amide bonds. The highest BCUT2D eigenvalue weighted by molar-refractivity contribution is 5.78. The van der Waals surface area contributed by atoms with E-state index < -0.39 is 0 Å². The Balaban J connectivity index is 1.70. The number of nitrogens with zero attached hydrogens (tertiary/aromatic N) is 1. The number of furan rings is 1. The Morgan fingerprint density at radius 1 is 1.28 bits per heavy atom. The van der Waals surface area contributed by atoms with Crippen molar-refractivity contribution >= 4 is 16.7 Å². The molecule has 0 spiro atoms. The number of nitrogens with one attached hydrogen (secondary N) is 1. The molecular weight excluding hydrogens is 224 g/mol. The fourth-order valence-electron chi connectivity index (χ4n) is 3.19. The first-order valence-electron chi connectivity index (χ1n) is 6.65. The van der Waals surface area contributed by atoms with Crippen LogP contribution in [0.1, 0.15) is 18.6 Å². The van der Waals surface area contributed by atoms with Gasteiger partial charge in [0.25, 0.3) is 0 Å². The summed E-state index contributed by atoms with van der Waals surface area (Å²) in [5.41, 5.74) is 3.21. The van der Waals surface area contributed by atoms with Gasteiger partial charge in [0.05, 0.1) is 0 Å². The van der Waals surface area contributed by atoms with E-state index in [0.29, 0.717) is 0 Å². The Bertz CT molecular complexity index is 581. The van der Waals surface area contributed by atoms with Gasteiger partial charge in [-0.05, 0) is 55.5 Å². The number of aromatic nitrogens is 1. The largest absolute Gasteiger partial charge is 0.455 e. The minimum Gasteiger partial charge on any atom is -0.455 e. The van der Waals surface area contributed by atoms with Gasteiger partial charge in [0, 0.05) is 12.3 Å². The lowest BCUT2D eigenvalue weighted by molar-refractivity contribution is 0.413. The van der Waals surface area contributed by atoms with Crippen LogP contribution in [-0.2, 0) is 0 Å². The second-order valence-corrected chi connectivity index (χ2v) is 5.35. The first kappa shape index (κ1) is 10.3. The Morgan fingerprint density at radius 3 is 3.17 bits per heavy atom. The van der Waals surface area contributed by atoms with E-state index in [1.807, 2.05) is 18.3 Å². The summed E-state index contributed by atoms with van der Waals surface area (Å²) in [5.74, 6) is 2.62. The van der Waals surface area contributed by atoms with Crippen molar-refractivity contribution in [3.63, 3.8) is 0 Å². The lowest BCUT2D eigenvalue weighted by atomic mass is 9.81. The Hall–Kier alpha value is -1.61. The normalized spacial score (nSPS) is 27.2. The molecule has 3 heterocycles. The van der Waals surface area contributed by atoms with Crippen molar-refractivity contribution in [1.82, 2.24) is 10.3 Å². The van der Waals surface area contributed by atoms with Gasteiger partial charge in [0.1, 0.15) is 11.3 Å². The molecule has 2 aliphatic rings. The van der Waals surface area contributed by atoms with Crippen molar-refractivity contribution in [2.75, 3.05) is 13.1 Å². The quantitative estimate of drug-likeness (QED) is 0.833. The van der Waals surface area contributed by atoms with Gasteiger partial charge in [0.2, 0.25) is 0 Å². The van der Waals surface area contributed by atoms with Crippen molar-refractivity contribution in [2.24, 2.45) is 11.8 Å². The number of allylic oxidation sites excluding steroid dienone is 2. The van der Waals surface area contributed by atoms with Crippen LogP contribution in [0, 0.1) is 11.8 Å². The molecule has 2 atom stereocenters. The second-order valence-electron chi connectivity index (χ2n) is 5.35. The SMILES string of the molecule is C1=C(c2cc3ncccc3o2)C[C@H]2CNC[C@H]2C1. The predicted molar refractivity (Wildman–Crippen MR) is 71.1 cm³/mol. The molecule has 0 radical (unpaired) electrons. The molecule has 3 heteroatoms. The average molecular weight is 240 g/mol. The third-order valence-electron chi connectivity index (χ3n) is 4.23. The van der Waals surface area contributed by atoms with Crippen molar-refractivity contribution < 1.29 is 4.42 Å². The van der Waals surface area contributed by atoms with Crippen LogP contribution in [0.15, 0.2) is 34.9 Å². The van der Waals surface area contributed by atoms with Crippen LogP contribution in [-0.4, -0.2) is 18.1 Å². The van der Waals surface area contributed by atoms with Gasteiger partial charge in [-0.15, -0.1) is 0 Å². The smallest absolute Gasteiger partial charge is 0.153 e. The molecule has 0 unspecified atom stereocenters. The zero-order valence-electron chi connectivity index (χ0n) is 10.2. The molecule has 92 valence electrons. The topological polar surface area (TPSA) is 38.1 Å². The molecule has 1 N–H and O–H groups in total. The zero-order chi connectivity index (χ0) is 11.9. The molecule has 3 nitrogen and oxygen atoms in total. The van der Waals surface area contributed by atoms with Gasteiger partial charge in [-0.3, -0.25) is 4.98 Å². The molecule has 1 fully saturated rings. The van der Waals surface area contributed by atoms with Crippen molar-refractivity contribution in [3.05, 3.63) is 36.2 Å². The van der Waals surface area contributed by atoms with E-state index in [2.05, 4.69) is 22.4 Å². The summed E-state index contributed by atoms with van der Waals surface area (Å²) in [6, 6.07) is 5.97. The Labute approximate surface area is 106 Å². The van der Waals surface area contributed by atoms with Crippen LogP contribution in [0.3, 0.4) is 0 Å². The molecule has 2 aromatic rings. The summed E-state index contributed by atoms with van der Waals surface area (Å²) >= 11 is 0. The molecule has 18 heavy (non-hydrogen) atoms. The Morgan fingerprint density at radius 2 is 2.22 bits per heavy atom. The maximum absolute atomic E-state index is 5.90. The lowest BCUT2D eigenvalue weighted by Gasteiger charge is -2.23. The Kier molecular flexibility index (Phi) is 2.27. The number of pyridine rings is 1. The highest BCUT2D eigenvalue weighted by Crippen LogP contribution is 2.37. The van der Waals surface area contributed by atoms with E-state index in [9.17, 15) is 0 Å². The third-order valence-corrected chi connectivity index (χ3v) is 4.23. The summed E-state index contributed by atoms with van der Waals surface area (Å²) < 4.78 is 5.90. The van der Waals surface area contributed by atoms with Crippen molar-refractivity contribution in [3.8, 4) is 0 Å². The number of hydrogen-bond donors (Lipinski definition) is 1. The number of fused-ring (bicyclic) bond motifs is 2. The van der Waals surface area contributed by atoms with E-state index in [4.69, 9.17) is 4.42 Å². The third kappa shape index (κ3) is 1.58. The molecule has 1 saturated heterocycles. The van der Waals surface area contributed by atoms with Crippen LogP contribution < -0.4 is 5.32 Å². The van der Waals surface area contributed by atoms with Gasteiger partial charge in [-0.2, -0.15) is 0 Å². The molecule has 0 bridgehead atoms. The minimum absolute atomic E-state index is 0.783. The molecule has 0 aromatic carbocycles. The van der Waals surface area contributed by atoms with Gasteiger partial charge in [0.15, 0.2) is 5.58 Å². The maximum atomic E-state index is 5.90. The summed E-state index contributed by atoms with van der Waals surface area (Å²) in [5, 5.41) is 3.49. The van der Waals surface area contributed by atoms with E-state index in [-0.39, 0.29) is 0 Å². The van der Waals surface area contributed by atoms with E-state index >= 15 is 0 Å². The second kappa shape index (κ2) is 3.95. The molecule has 2 aromatic heterocycles. The fraction of sp³-hybridized carbons (Fsp3) is 0.400.